The number of hydrogen-bond acceptors (Lipinski definition) is 2. The number of amides is 1. The summed E-state index contributed by atoms with van der Waals surface area (Å²) in [7, 11) is 0. The van der Waals surface area contributed by atoms with Gasteiger partial charge in [-0.25, -0.2) is 4.98 Å². The van der Waals surface area contributed by atoms with Gasteiger partial charge in [-0.15, -0.1) is 0 Å². The monoisotopic (exact) mass is 285 g/mol. The number of benzene rings is 1. The van der Waals surface area contributed by atoms with Crippen LogP contribution in [0.25, 0.3) is 5.52 Å². The Labute approximate surface area is 121 Å². The summed E-state index contributed by atoms with van der Waals surface area (Å²) in [5, 5.41) is 3.54. The molecule has 4 nitrogen and oxygen atoms in total. The van der Waals surface area contributed by atoms with E-state index in [2.05, 4.69) is 10.3 Å². The molecule has 3 rings (SSSR count). The zero-order valence-corrected chi connectivity index (χ0v) is 11.3. The summed E-state index contributed by atoms with van der Waals surface area (Å²) in [6, 6.07) is 11.0. The van der Waals surface area contributed by atoms with E-state index >= 15 is 0 Å². The maximum absolute atomic E-state index is 12.1. The minimum atomic E-state index is -0.117. The van der Waals surface area contributed by atoms with Crippen LogP contribution in [-0.2, 0) is 6.54 Å². The van der Waals surface area contributed by atoms with Gasteiger partial charge in [0.2, 0.25) is 0 Å². The first kappa shape index (κ1) is 12.7. The van der Waals surface area contributed by atoms with Crippen molar-refractivity contribution in [2.45, 2.75) is 6.54 Å². The van der Waals surface area contributed by atoms with Gasteiger partial charge in [0.25, 0.3) is 5.91 Å². The molecule has 2 aromatic heterocycles. The maximum Gasteiger partial charge on any atom is 0.251 e. The Morgan fingerprint density at radius 2 is 2.20 bits per heavy atom. The van der Waals surface area contributed by atoms with Crippen LogP contribution in [-0.4, -0.2) is 15.3 Å². The van der Waals surface area contributed by atoms with Gasteiger partial charge in [-0.1, -0.05) is 23.7 Å². The molecule has 20 heavy (non-hydrogen) atoms. The van der Waals surface area contributed by atoms with E-state index in [1.807, 2.05) is 28.8 Å². The standard InChI is InChI=1S/C15H12ClN3O/c16-13-3-1-2-11(6-13)8-18-15(20)12-4-5-19-10-17-9-14(19)7-12/h1-7,9-10H,8H2,(H,18,20). The fraction of sp³-hybridized carbons (Fsp3) is 0.0667. The van der Waals surface area contributed by atoms with E-state index in [1.165, 1.54) is 0 Å². The normalized spacial score (nSPS) is 10.7. The molecule has 0 radical (unpaired) electrons. The van der Waals surface area contributed by atoms with Crippen LogP contribution in [0.5, 0.6) is 0 Å². The van der Waals surface area contributed by atoms with Gasteiger partial charge in [0.15, 0.2) is 0 Å². The summed E-state index contributed by atoms with van der Waals surface area (Å²) in [6.07, 6.45) is 5.23. The molecule has 0 bridgehead atoms. The summed E-state index contributed by atoms with van der Waals surface area (Å²) < 4.78 is 1.85. The van der Waals surface area contributed by atoms with E-state index in [4.69, 9.17) is 11.6 Å². The van der Waals surface area contributed by atoms with Crippen LogP contribution in [0.4, 0.5) is 0 Å². The second kappa shape index (κ2) is 5.35. The topological polar surface area (TPSA) is 46.4 Å². The molecule has 1 aromatic carbocycles. The average molecular weight is 286 g/mol. The molecule has 0 spiro atoms. The van der Waals surface area contributed by atoms with Crippen molar-refractivity contribution in [3.63, 3.8) is 0 Å². The van der Waals surface area contributed by atoms with Crippen LogP contribution >= 0.6 is 11.6 Å². The Hall–Kier alpha value is -2.33. The van der Waals surface area contributed by atoms with Crippen molar-refractivity contribution in [2.24, 2.45) is 0 Å². The zero-order chi connectivity index (χ0) is 13.9. The van der Waals surface area contributed by atoms with Crippen LogP contribution in [0.1, 0.15) is 15.9 Å². The Balaban J connectivity index is 1.72. The van der Waals surface area contributed by atoms with Gasteiger partial charge >= 0.3 is 0 Å². The predicted octanol–water partition coefficient (Wildman–Crippen LogP) is 2.92. The van der Waals surface area contributed by atoms with Crippen molar-refractivity contribution in [1.29, 1.82) is 0 Å². The second-order valence-electron chi connectivity index (χ2n) is 4.45. The Kier molecular flexibility index (Phi) is 3.39. The lowest BCUT2D eigenvalue weighted by Gasteiger charge is -2.06. The fourth-order valence-corrected chi connectivity index (χ4v) is 2.20. The number of carbonyl (C=O) groups excluding carboxylic acids is 1. The Morgan fingerprint density at radius 1 is 1.30 bits per heavy atom. The van der Waals surface area contributed by atoms with E-state index in [0.717, 1.165) is 11.1 Å². The number of hydrogen-bond donors (Lipinski definition) is 1. The number of fused-ring (bicyclic) bond motifs is 1. The zero-order valence-electron chi connectivity index (χ0n) is 10.6. The summed E-state index contributed by atoms with van der Waals surface area (Å²) in [5.74, 6) is -0.117. The number of halogens is 1. The molecule has 100 valence electrons. The Bertz CT molecular complexity index is 766. The quantitative estimate of drug-likeness (QED) is 0.804. The number of imidazole rings is 1. The van der Waals surface area contributed by atoms with Crippen LogP contribution in [0, 0.1) is 0 Å². The third-order valence-corrected chi connectivity index (χ3v) is 3.25. The first-order valence-corrected chi connectivity index (χ1v) is 6.54. The molecular formula is C15H12ClN3O. The number of nitrogens with zero attached hydrogens (tertiary/aromatic N) is 2. The number of rotatable bonds is 3. The van der Waals surface area contributed by atoms with Gasteiger partial charge in [0, 0.05) is 23.3 Å². The van der Waals surface area contributed by atoms with Crippen LogP contribution < -0.4 is 5.32 Å². The molecule has 0 aliphatic rings. The fourth-order valence-electron chi connectivity index (χ4n) is 1.99. The largest absolute Gasteiger partial charge is 0.348 e. The lowest BCUT2D eigenvalue weighted by molar-refractivity contribution is 0.0951. The van der Waals surface area contributed by atoms with Crippen molar-refractivity contribution in [3.8, 4) is 0 Å². The predicted molar refractivity (Wildman–Crippen MR) is 77.8 cm³/mol. The van der Waals surface area contributed by atoms with E-state index in [-0.39, 0.29) is 5.91 Å². The minimum Gasteiger partial charge on any atom is -0.348 e. The summed E-state index contributed by atoms with van der Waals surface area (Å²) in [5.41, 5.74) is 2.47. The van der Waals surface area contributed by atoms with Gasteiger partial charge < -0.3 is 9.72 Å². The number of nitrogens with one attached hydrogen (secondary N) is 1. The molecule has 5 heteroatoms. The van der Waals surface area contributed by atoms with Crippen LogP contribution in [0.3, 0.4) is 0 Å². The molecule has 0 saturated carbocycles. The molecule has 0 atom stereocenters. The lowest BCUT2D eigenvalue weighted by atomic mass is 10.2. The van der Waals surface area contributed by atoms with Gasteiger partial charge in [-0.2, -0.15) is 0 Å². The van der Waals surface area contributed by atoms with E-state index in [1.54, 1.807) is 30.7 Å². The molecular weight excluding hydrogens is 274 g/mol. The van der Waals surface area contributed by atoms with Crippen LogP contribution in [0.2, 0.25) is 5.02 Å². The minimum absolute atomic E-state index is 0.117. The highest BCUT2D eigenvalue weighted by atomic mass is 35.5. The number of pyridine rings is 1. The molecule has 0 unspecified atom stereocenters. The highest BCUT2D eigenvalue weighted by Crippen LogP contribution is 2.11. The molecule has 2 heterocycles. The third-order valence-electron chi connectivity index (χ3n) is 3.02. The number of carbonyl (C=O) groups is 1. The van der Waals surface area contributed by atoms with E-state index < -0.39 is 0 Å². The summed E-state index contributed by atoms with van der Waals surface area (Å²) in [4.78, 5) is 16.1. The highest BCUT2D eigenvalue weighted by molar-refractivity contribution is 6.30. The Morgan fingerprint density at radius 3 is 3.05 bits per heavy atom. The van der Waals surface area contributed by atoms with E-state index in [0.29, 0.717) is 17.1 Å². The van der Waals surface area contributed by atoms with Gasteiger partial charge in [-0.05, 0) is 29.8 Å². The molecule has 3 aromatic rings. The first-order valence-electron chi connectivity index (χ1n) is 6.17. The van der Waals surface area contributed by atoms with E-state index in [9.17, 15) is 4.79 Å². The average Bonchev–Trinajstić information content (AvgIpc) is 2.92. The SMILES string of the molecule is O=C(NCc1cccc(Cl)c1)c1ccn2cncc2c1. The van der Waals surface area contributed by atoms with Gasteiger partial charge in [0.05, 0.1) is 18.0 Å². The van der Waals surface area contributed by atoms with Crippen molar-refractivity contribution in [1.82, 2.24) is 14.7 Å². The van der Waals surface area contributed by atoms with Crippen molar-refractivity contribution in [2.75, 3.05) is 0 Å². The second-order valence-corrected chi connectivity index (χ2v) is 4.89. The third kappa shape index (κ3) is 2.65. The summed E-state index contributed by atoms with van der Waals surface area (Å²) >= 11 is 5.91. The van der Waals surface area contributed by atoms with Crippen molar-refractivity contribution < 1.29 is 4.79 Å². The molecule has 0 fully saturated rings. The highest BCUT2D eigenvalue weighted by Gasteiger charge is 2.06. The van der Waals surface area contributed by atoms with Gasteiger partial charge in [-0.3, -0.25) is 4.79 Å². The molecule has 0 saturated heterocycles. The molecule has 1 amide bonds. The smallest absolute Gasteiger partial charge is 0.251 e. The summed E-state index contributed by atoms with van der Waals surface area (Å²) in [6.45, 7) is 0.448. The maximum atomic E-state index is 12.1. The van der Waals surface area contributed by atoms with Crippen molar-refractivity contribution in [3.05, 3.63) is 71.3 Å². The van der Waals surface area contributed by atoms with Crippen molar-refractivity contribution >= 4 is 23.0 Å². The molecule has 0 aliphatic heterocycles. The lowest BCUT2D eigenvalue weighted by Crippen LogP contribution is -2.22. The van der Waals surface area contributed by atoms with Gasteiger partial charge in [0.1, 0.15) is 0 Å². The molecule has 0 aliphatic carbocycles. The first-order chi connectivity index (χ1) is 9.72. The van der Waals surface area contributed by atoms with Crippen LogP contribution in [0.15, 0.2) is 55.1 Å². The number of aromatic nitrogens is 2. The molecule has 1 N–H and O–H groups in total.